The van der Waals surface area contributed by atoms with E-state index in [9.17, 15) is 14.0 Å². The van der Waals surface area contributed by atoms with Gasteiger partial charge in [-0.05, 0) is 63.1 Å². The number of hydrogen-bond donors (Lipinski definition) is 1. The summed E-state index contributed by atoms with van der Waals surface area (Å²) in [5.74, 6) is 0.500. The first-order chi connectivity index (χ1) is 14.2. The molecule has 2 fully saturated rings. The highest BCUT2D eigenvalue weighted by atomic mass is 35.5. The molecule has 2 heterocycles. The van der Waals surface area contributed by atoms with Crippen molar-refractivity contribution in [2.75, 3.05) is 32.7 Å². The van der Waals surface area contributed by atoms with Crippen LogP contribution in [0.4, 0.5) is 4.39 Å². The predicted octanol–water partition coefficient (Wildman–Crippen LogP) is 3.80. The number of nitrogens with one attached hydrogen (secondary N) is 1. The molecule has 0 radical (unpaired) electrons. The Morgan fingerprint density at radius 3 is 2.50 bits per heavy atom. The Morgan fingerprint density at radius 2 is 1.87 bits per heavy atom. The van der Waals surface area contributed by atoms with Crippen molar-refractivity contribution in [1.82, 2.24) is 15.1 Å². The van der Waals surface area contributed by atoms with E-state index < -0.39 is 5.54 Å². The number of amides is 2. The molecular formula is C23H33ClFN3O2. The van der Waals surface area contributed by atoms with Gasteiger partial charge in [-0.15, -0.1) is 0 Å². The lowest BCUT2D eigenvalue weighted by atomic mass is 9.92. The van der Waals surface area contributed by atoms with Crippen molar-refractivity contribution >= 4 is 23.4 Å². The summed E-state index contributed by atoms with van der Waals surface area (Å²) in [5.41, 5.74) is 0.179. The monoisotopic (exact) mass is 437 g/mol. The van der Waals surface area contributed by atoms with E-state index in [1.807, 2.05) is 23.6 Å². The van der Waals surface area contributed by atoms with Crippen LogP contribution in [0.5, 0.6) is 0 Å². The number of likely N-dealkylation sites (tertiary alicyclic amines) is 2. The summed E-state index contributed by atoms with van der Waals surface area (Å²) >= 11 is 6.19. The number of carbonyl (C=O) groups is 2. The van der Waals surface area contributed by atoms with Gasteiger partial charge in [-0.25, -0.2) is 4.39 Å². The van der Waals surface area contributed by atoms with Crippen LogP contribution in [0.15, 0.2) is 18.2 Å². The largest absolute Gasteiger partial charge is 0.342 e. The van der Waals surface area contributed by atoms with Crippen LogP contribution in [-0.2, 0) is 15.1 Å². The van der Waals surface area contributed by atoms with E-state index >= 15 is 0 Å². The molecule has 3 rings (SSSR count). The fourth-order valence-corrected chi connectivity index (χ4v) is 4.93. The number of benzene rings is 1. The van der Waals surface area contributed by atoms with E-state index in [4.69, 9.17) is 11.6 Å². The summed E-state index contributed by atoms with van der Waals surface area (Å²) < 4.78 is 13.3. The Kier molecular flexibility index (Phi) is 7.40. The van der Waals surface area contributed by atoms with Crippen LogP contribution in [0, 0.1) is 17.7 Å². The predicted molar refractivity (Wildman–Crippen MR) is 117 cm³/mol. The van der Waals surface area contributed by atoms with Gasteiger partial charge in [0.25, 0.3) is 0 Å². The van der Waals surface area contributed by atoms with E-state index in [2.05, 4.69) is 12.2 Å². The molecule has 5 nitrogen and oxygen atoms in total. The summed E-state index contributed by atoms with van der Waals surface area (Å²) in [6, 6.07) is 4.30. The van der Waals surface area contributed by atoms with Gasteiger partial charge in [0.2, 0.25) is 11.8 Å². The second kappa shape index (κ2) is 9.65. The number of hydrogen-bond acceptors (Lipinski definition) is 3. The smallest absolute Gasteiger partial charge is 0.236 e. The molecule has 2 aliphatic rings. The zero-order valence-corrected chi connectivity index (χ0v) is 19.0. The van der Waals surface area contributed by atoms with Crippen molar-refractivity contribution in [1.29, 1.82) is 0 Å². The molecule has 2 saturated heterocycles. The summed E-state index contributed by atoms with van der Waals surface area (Å²) in [6.07, 6.45) is 3.73. The Bertz CT molecular complexity index is 778. The lowest BCUT2D eigenvalue weighted by Gasteiger charge is -2.37. The zero-order valence-electron chi connectivity index (χ0n) is 18.2. The quantitative estimate of drug-likeness (QED) is 0.762. The minimum absolute atomic E-state index is 0.0128. The number of halogens is 2. The first-order valence-corrected chi connectivity index (χ1v) is 11.3. The molecule has 0 spiro atoms. The molecule has 1 atom stereocenters. The Hall–Kier alpha value is -1.66. The van der Waals surface area contributed by atoms with E-state index in [1.54, 1.807) is 6.07 Å². The maximum absolute atomic E-state index is 13.3. The van der Waals surface area contributed by atoms with Crippen molar-refractivity contribution < 1.29 is 14.0 Å². The van der Waals surface area contributed by atoms with E-state index in [0.29, 0.717) is 24.0 Å². The number of carbonyl (C=O) groups excluding carboxylic acids is 2. The highest BCUT2D eigenvalue weighted by molar-refractivity contribution is 6.31. The lowest BCUT2D eigenvalue weighted by molar-refractivity contribution is -0.141. The molecular weight excluding hydrogens is 405 g/mol. The first-order valence-electron chi connectivity index (χ1n) is 10.9. The minimum Gasteiger partial charge on any atom is -0.342 e. The fourth-order valence-electron chi connectivity index (χ4n) is 4.52. The van der Waals surface area contributed by atoms with Crippen molar-refractivity contribution in [3.05, 3.63) is 34.6 Å². The van der Waals surface area contributed by atoms with Crippen LogP contribution >= 0.6 is 11.6 Å². The third-order valence-electron chi connectivity index (χ3n) is 6.45. The molecule has 1 N–H and O–H groups in total. The topological polar surface area (TPSA) is 52.7 Å². The molecule has 7 heteroatoms. The molecule has 2 aliphatic heterocycles. The maximum Gasteiger partial charge on any atom is 0.236 e. The van der Waals surface area contributed by atoms with Gasteiger partial charge in [0.05, 0.1) is 6.54 Å². The second-order valence-electron chi connectivity index (χ2n) is 9.29. The standard InChI is InChI=1S/C23H33ClFN3O2/c1-16-5-4-10-28(15-16)22(30)17-8-11-27(12-9-17)21(29)14-26-23(2,3)19-7-6-18(25)13-20(19)24/h6-7,13,16-17,26H,4-5,8-12,14-15H2,1-3H3. The van der Waals surface area contributed by atoms with Gasteiger partial charge >= 0.3 is 0 Å². The number of piperidine rings is 2. The van der Waals surface area contributed by atoms with Crippen molar-refractivity contribution in [3.8, 4) is 0 Å². The van der Waals surface area contributed by atoms with Crippen LogP contribution < -0.4 is 5.32 Å². The highest BCUT2D eigenvalue weighted by Crippen LogP contribution is 2.28. The molecule has 1 aromatic carbocycles. The highest BCUT2D eigenvalue weighted by Gasteiger charge is 2.32. The molecule has 166 valence electrons. The Balaban J connectivity index is 1.48. The number of rotatable bonds is 5. The van der Waals surface area contributed by atoms with Gasteiger partial charge in [0.1, 0.15) is 5.82 Å². The Labute approximate surface area is 183 Å². The van der Waals surface area contributed by atoms with Gasteiger partial charge < -0.3 is 9.80 Å². The summed E-state index contributed by atoms with van der Waals surface area (Å²) in [7, 11) is 0. The second-order valence-corrected chi connectivity index (χ2v) is 9.70. The normalized spacial score (nSPS) is 21.0. The van der Waals surface area contributed by atoms with Crippen molar-refractivity contribution in [2.24, 2.45) is 11.8 Å². The SMILES string of the molecule is CC1CCCN(C(=O)C2CCN(C(=O)CNC(C)(C)c3ccc(F)cc3Cl)CC2)C1. The maximum atomic E-state index is 13.3. The fraction of sp³-hybridized carbons (Fsp3) is 0.652. The number of nitrogens with zero attached hydrogens (tertiary/aromatic N) is 2. The summed E-state index contributed by atoms with van der Waals surface area (Å²) in [4.78, 5) is 29.4. The van der Waals surface area contributed by atoms with Crippen LogP contribution in [-0.4, -0.2) is 54.3 Å². The van der Waals surface area contributed by atoms with E-state index in [0.717, 1.165) is 37.9 Å². The third-order valence-corrected chi connectivity index (χ3v) is 6.76. The van der Waals surface area contributed by atoms with Crippen LogP contribution in [0.2, 0.25) is 5.02 Å². The lowest BCUT2D eigenvalue weighted by Crippen LogP contribution is -2.49. The average molecular weight is 438 g/mol. The van der Waals surface area contributed by atoms with Crippen LogP contribution in [0.1, 0.15) is 52.0 Å². The van der Waals surface area contributed by atoms with Gasteiger partial charge in [-0.3, -0.25) is 14.9 Å². The zero-order chi connectivity index (χ0) is 21.9. The Morgan fingerprint density at radius 1 is 1.17 bits per heavy atom. The van der Waals surface area contributed by atoms with Crippen LogP contribution in [0.25, 0.3) is 0 Å². The van der Waals surface area contributed by atoms with Gasteiger partial charge in [-0.2, -0.15) is 0 Å². The first kappa shape index (κ1) is 23.0. The van der Waals surface area contributed by atoms with E-state index in [1.165, 1.54) is 18.6 Å². The van der Waals surface area contributed by atoms with Crippen LogP contribution in [0.3, 0.4) is 0 Å². The molecule has 0 bridgehead atoms. The third kappa shape index (κ3) is 5.52. The molecule has 2 amide bonds. The van der Waals surface area contributed by atoms with Gasteiger partial charge in [0.15, 0.2) is 0 Å². The van der Waals surface area contributed by atoms with Crippen molar-refractivity contribution in [3.63, 3.8) is 0 Å². The van der Waals surface area contributed by atoms with Gasteiger partial charge in [-0.1, -0.05) is 24.6 Å². The van der Waals surface area contributed by atoms with E-state index in [-0.39, 0.29) is 30.1 Å². The molecule has 0 aromatic heterocycles. The minimum atomic E-state index is -0.570. The molecule has 30 heavy (non-hydrogen) atoms. The summed E-state index contributed by atoms with van der Waals surface area (Å²) in [6.45, 7) is 9.16. The summed E-state index contributed by atoms with van der Waals surface area (Å²) in [5, 5.41) is 3.59. The molecule has 1 unspecified atom stereocenters. The molecule has 1 aromatic rings. The van der Waals surface area contributed by atoms with Crippen molar-refractivity contribution in [2.45, 2.75) is 52.0 Å². The van der Waals surface area contributed by atoms with Gasteiger partial charge in [0, 0.05) is 42.7 Å². The molecule has 0 saturated carbocycles. The molecule has 0 aliphatic carbocycles. The average Bonchev–Trinajstić information content (AvgIpc) is 2.71.